The highest BCUT2D eigenvalue weighted by molar-refractivity contribution is 5.81. The van der Waals surface area contributed by atoms with Crippen LogP contribution >= 0.6 is 0 Å². The predicted molar refractivity (Wildman–Crippen MR) is 58.4 cm³/mol. The number of nitrogens with one attached hydrogen (secondary N) is 2. The van der Waals surface area contributed by atoms with Gasteiger partial charge in [-0.05, 0) is 54.6 Å². The maximum atomic E-state index is 3.48. The topological polar surface area (TPSA) is 27.8 Å². The van der Waals surface area contributed by atoms with Gasteiger partial charge in [-0.25, -0.2) is 0 Å². The summed E-state index contributed by atoms with van der Waals surface area (Å²) >= 11 is 0. The summed E-state index contributed by atoms with van der Waals surface area (Å²) in [6.07, 6.45) is 3.16. The fourth-order valence-electron chi connectivity index (χ4n) is 2.32. The summed E-state index contributed by atoms with van der Waals surface area (Å²) in [7, 11) is 0. The fourth-order valence-corrected chi connectivity index (χ4v) is 2.32. The molecular weight excluding hydrogens is 172 g/mol. The highest BCUT2D eigenvalue weighted by Crippen LogP contribution is 2.26. The molecule has 0 amide bonds. The predicted octanol–water partition coefficient (Wildman–Crippen LogP) is 2.37. The average Bonchev–Trinajstić information content (AvgIpc) is 2.62. The molecule has 0 saturated heterocycles. The number of hydrogen-bond donors (Lipinski definition) is 2. The fraction of sp³-hybridized carbons (Fsp3) is 0.333. The first-order valence-electron chi connectivity index (χ1n) is 5.18. The lowest BCUT2D eigenvalue weighted by Gasteiger charge is -2.23. The van der Waals surface area contributed by atoms with Crippen molar-refractivity contribution in [1.29, 1.82) is 0 Å². The van der Waals surface area contributed by atoms with Crippen LogP contribution in [0.1, 0.15) is 24.1 Å². The van der Waals surface area contributed by atoms with Crippen molar-refractivity contribution in [3.8, 4) is 0 Å². The van der Waals surface area contributed by atoms with Gasteiger partial charge in [0.2, 0.25) is 0 Å². The Morgan fingerprint density at radius 2 is 2.29 bits per heavy atom. The van der Waals surface area contributed by atoms with E-state index >= 15 is 0 Å². The van der Waals surface area contributed by atoms with Crippen molar-refractivity contribution in [2.45, 2.75) is 19.4 Å². The van der Waals surface area contributed by atoms with Crippen LogP contribution < -0.4 is 5.32 Å². The van der Waals surface area contributed by atoms with Crippen LogP contribution in [0.3, 0.4) is 0 Å². The highest BCUT2D eigenvalue weighted by atomic mass is 14.9. The molecule has 2 N–H and O–H groups in total. The quantitative estimate of drug-likeness (QED) is 0.649. The van der Waals surface area contributed by atoms with Gasteiger partial charge in [-0.2, -0.15) is 0 Å². The van der Waals surface area contributed by atoms with Gasteiger partial charge in [-0.15, -0.1) is 0 Å². The minimum atomic E-state index is 0.492. The molecule has 3 rings (SSSR count). The third-order valence-corrected chi connectivity index (χ3v) is 3.12. The molecule has 0 bridgehead atoms. The lowest BCUT2D eigenvalue weighted by atomic mass is 9.94. The molecule has 2 heteroatoms. The number of rotatable bonds is 0. The molecule has 1 aromatic heterocycles. The van der Waals surface area contributed by atoms with Gasteiger partial charge < -0.3 is 10.3 Å². The number of fused-ring (bicyclic) bond motifs is 2. The maximum Gasteiger partial charge on any atom is 0.0457 e. The number of aromatic nitrogens is 1. The van der Waals surface area contributed by atoms with Crippen LogP contribution in [-0.4, -0.2) is 11.5 Å². The van der Waals surface area contributed by atoms with E-state index in [-0.39, 0.29) is 0 Å². The van der Waals surface area contributed by atoms with Crippen molar-refractivity contribution in [3.63, 3.8) is 0 Å². The van der Waals surface area contributed by atoms with Crippen molar-refractivity contribution in [2.75, 3.05) is 6.54 Å². The van der Waals surface area contributed by atoms with Crippen molar-refractivity contribution in [3.05, 3.63) is 35.5 Å². The largest absolute Gasteiger partial charge is 0.361 e. The van der Waals surface area contributed by atoms with Gasteiger partial charge in [-0.1, -0.05) is 0 Å². The zero-order valence-electron chi connectivity index (χ0n) is 8.30. The molecule has 1 aliphatic rings. The minimum Gasteiger partial charge on any atom is -0.361 e. The Hall–Kier alpha value is -1.28. The normalized spacial score (nSPS) is 21.1. The van der Waals surface area contributed by atoms with E-state index < -0.39 is 0 Å². The summed E-state index contributed by atoms with van der Waals surface area (Å²) < 4.78 is 0. The Labute approximate surface area is 83.3 Å². The highest BCUT2D eigenvalue weighted by Gasteiger charge is 2.16. The molecule has 14 heavy (non-hydrogen) atoms. The van der Waals surface area contributed by atoms with Crippen molar-refractivity contribution in [1.82, 2.24) is 10.3 Å². The van der Waals surface area contributed by atoms with E-state index in [9.17, 15) is 0 Å². The second kappa shape index (κ2) is 2.85. The molecule has 1 atom stereocenters. The van der Waals surface area contributed by atoms with E-state index in [1.54, 1.807) is 0 Å². The minimum absolute atomic E-state index is 0.492. The Kier molecular flexibility index (Phi) is 1.64. The van der Waals surface area contributed by atoms with Crippen LogP contribution in [0, 0.1) is 0 Å². The first-order chi connectivity index (χ1) is 6.84. The molecule has 2 heterocycles. The number of H-pyrrole nitrogens is 1. The number of aromatic amines is 1. The van der Waals surface area contributed by atoms with Crippen LogP contribution in [-0.2, 0) is 6.42 Å². The summed E-state index contributed by atoms with van der Waals surface area (Å²) in [4.78, 5) is 3.26. The summed E-state index contributed by atoms with van der Waals surface area (Å²) in [5.74, 6) is 0. The molecule has 0 aliphatic carbocycles. The molecule has 0 saturated carbocycles. The summed E-state index contributed by atoms with van der Waals surface area (Å²) in [5.41, 5.74) is 4.20. The van der Waals surface area contributed by atoms with Crippen LogP contribution in [0.2, 0.25) is 0 Å². The molecule has 1 unspecified atom stereocenters. The average molecular weight is 186 g/mol. The molecule has 0 fully saturated rings. The first-order valence-corrected chi connectivity index (χ1v) is 5.18. The summed E-state index contributed by atoms with van der Waals surface area (Å²) in [6.45, 7) is 3.33. The lowest BCUT2D eigenvalue weighted by Crippen LogP contribution is -2.27. The Morgan fingerprint density at radius 1 is 1.36 bits per heavy atom. The number of hydrogen-bond acceptors (Lipinski definition) is 1. The third-order valence-electron chi connectivity index (χ3n) is 3.12. The second-order valence-electron chi connectivity index (χ2n) is 4.04. The summed E-state index contributed by atoms with van der Waals surface area (Å²) in [6, 6.07) is 7.23. The van der Waals surface area contributed by atoms with E-state index in [1.807, 2.05) is 6.20 Å². The molecule has 2 nitrogen and oxygen atoms in total. The zero-order valence-corrected chi connectivity index (χ0v) is 8.30. The third kappa shape index (κ3) is 1.07. The van der Waals surface area contributed by atoms with Gasteiger partial charge in [0.05, 0.1) is 0 Å². The van der Waals surface area contributed by atoms with E-state index in [0.717, 1.165) is 13.0 Å². The SMILES string of the molecule is CC1NCCc2cc3cc[nH]c3cc21. The standard InChI is InChI=1S/C12H14N2/c1-8-11-7-12-10(3-5-14-12)6-9(11)2-4-13-8/h3,5-8,13-14H,2,4H2,1H3. The molecule has 0 radical (unpaired) electrons. The van der Waals surface area contributed by atoms with Crippen LogP contribution in [0.4, 0.5) is 0 Å². The van der Waals surface area contributed by atoms with Gasteiger partial charge in [0.15, 0.2) is 0 Å². The molecule has 2 aromatic rings. The first kappa shape index (κ1) is 8.06. The van der Waals surface area contributed by atoms with Crippen LogP contribution in [0.5, 0.6) is 0 Å². The Balaban J connectivity index is 2.27. The van der Waals surface area contributed by atoms with E-state index in [0.29, 0.717) is 6.04 Å². The van der Waals surface area contributed by atoms with E-state index in [1.165, 1.54) is 22.0 Å². The van der Waals surface area contributed by atoms with Gasteiger partial charge in [-0.3, -0.25) is 0 Å². The molecule has 1 aromatic carbocycles. The Bertz CT molecular complexity index is 470. The molecule has 1 aliphatic heterocycles. The van der Waals surface area contributed by atoms with Gasteiger partial charge in [0.1, 0.15) is 0 Å². The number of benzene rings is 1. The van der Waals surface area contributed by atoms with Gasteiger partial charge >= 0.3 is 0 Å². The van der Waals surface area contributed by atoms with Crippen LogP contribution in [0.25, 0.3) is 10.9 Å². The van der Waals surface area contributed by atoms with Crippen molar-refractivity contribution in [2.24, 2.45) is 0 Å². The second-order valence-corrected chi connectivity index (χ2v) is 4.04. The summed E-state index contributed by atoms with van der Waals surface area (Å²) in [5, 5.41) is 4.81. The van der Waals surface area contributed by atoms with E-state index in [4.69, 9.17) is 0 Å². The van der Waals surface area contributed by atoms with Gasteiger partial charge in [0, 0.05) is 17.8 Å². The molecule has 72 valence electrons. The zero-order chi connectivity index (χ0) is 9.54. The monoisotopic (exact) mass is 186 g/mol. The van der Waals surface area contributed by atoms with Gasteiger partial charge in [0.25, 0.3) is 0 Å². The van der Waals surface area contributed by atoms with Crippen molar-refractivity contribution < 1.29 is 0 Å². The molecule has 0 spiro atoms. The lowest BCUT2D eigenvalue weighted by molar-refractivity contribution is 0.542. The van der Waals surface area contributed by atoms with Crippen LogP contribution in [0.15, 0.2) is 24.4 Å². The smallest absolute Gasteiger partial charge is 0.0457 e. The van der Waals surface area contributed by atoms with Crippen molar-refractivity contribution >= 4 is 10.9 Å². The maximum absolute atomic E-state index is 3.48. The van der Waals surface area contributed by atoms with E-state index in [2.05, 4.69) is 35.4 Å². The Morgan fingerprint density at radius 3 is 3.21 bits per heavy atom. The molecular formula is C12H14N2.